The number of nitro groups is 1. The maximum absolute atomic E-state index is 10.7. The van der Waals surface area contributed by atoms with Gasteiger partial charge in [0.2, 0.25) is 5.88 Å². The Labute approximate surface area is 115 Å². The largest absolute Gasteiger partial charge is 0.493 e. The van der Waals surface area contributed by atoms with Crippen LogP contribution in [-0.2, 0) is 6.54 Å². The number of benzene rings is 1. The lowest BCUT2D eigenvalue weighted by Gasteiger charge is -2.09. The lowest BCUT2D eigenvalue weighted by Crippen LogP contribution is -1.98. The normalized spacial score (nSPS) is 10.1. The van der Waals surface area contributed by atoms with E-state index in [2.05, 4.69) is 4.98 Å². The molecule has 0 bridgehead atoms. The van der Waals surface area contributed by atoms with E-state index in [0.29, 0.717) is 18.2 Å². The van der Waals surface area contributed by atoms with Crippen molar-refractivity contribution in [3.8, 4) is 17.4 Å². The van der Waals surface area contributed by atoms with Crippen molar-refractivity contribution in [1.29, 1.82) is 0 Å². The second-order valence-electron chi connectivity index (χ2n) is 3.90. The number of nitro benzene ring substituents is 1. The molecule has 0 radical (unpaired) electrons. The average Bonchev–Trinajstić information content (AvgIpc) is 2.48. The molecule has 104 valence electrons. The predicted molar refractivity (Wildman–Crippen MR) is 71.9 cm³/mol. The van der Waals surface area contributed by atoms with Gasteiger partial charge in [-0.1, -0.05) is 6.07 Å². The SMILES string of the molecule is COc1cc([N+](=O)[O-])ccc1Oc1ccc(CN)cn1. The van der Waals surface area contributed by atoms with Gasteiger partial charge in [0, 0.05) is 24.9 Å². The highest BCUT2D eigenvalue weighted by Gasteiger charge is 2.13. The Morgan fingerprint density at radius 1 is 1.30 bits per heavy atom. The van der Waals surface area contributed by atoms with E-state index >= 15 is 0 Å². The van der Waals surface area contributed by atoms with Crippen LogP contribution in [-0.4, -0.2) is 17.0 Å². The molecule has 7 heteroatoms. The van der Waals surface area contributed by atoms with E-state index in [1.165, 1.54) is 25.3 Å². The number of hydrogen-bond donors (Lipinski definition) is 1. The van der Waals surface area contributed by atoms with Gasteiger partial charge in [-0.05, 0) is 11.6 Å². The van der Waals surface area contributed by atoms with Gasteiger partial charge < -0.3 is 15.2 Å². The minimum Gasteiger partial charge on any atom is -0.493 e. The maximum Gasteiger partial charge on any atom is 0.273 e. The third kappa shape index (κ3) is 3.01. The summed E-state index contributed by atoms with van der Waals surface area (Å²) in [5.41, 5.74) is 6.29. The molecule has 20 heavy (non-hydrogen) atoms. The van der Waals surface area contributed by atoms with Crippen molar-refractivity contribution in [1.82, 2.24) is 4.98 Å². The number of rotatable bonds is 5. The third-order valence-electron chi connectivity index (χ3n) is 2.61. The summed E-state index contributed by atoms with van der Waals surface area (Å²) in [5.74, 6) is 0.976. The van der Waals surface area contributed by atoms with Crippen LogP contribution in [0.4, 0.5) is 5.69 Å². The Balaban J connectivity index is 2.25. The van der Waals surface area contributed by atoms with E-state index in [-0.39, 0.29) is 11.4 Å². The molecule has 2 N–H and O–H groups in total. The van der Waals surface area contributed by atoms with Gasteiger partial charge >= 0.3 is 0 Å². The second-order valence-corrected chi connectivity index (χ2v) is 3.90. The summed E-state index contributed by atoms with van der Waals surface area (Å²) in [4.78, 5) is 14.3. The third-order valence-corrected chi connectivity index (χ3v) is 2.61. The molecule has 0 aliphatic rings. The fourth-order valence-corrected chi connectivity index (χ4v) is 1.56. The first-order valence-corrected chi connectivity index (χ1v) is 5.79. The first-order valence-electron chi connectivity index (χ1n) is 5.79. The summed E-state index contributed by atoms with van der Waals surface area (Å²) in [6.45, 7) is 0.397. The van der Waals surface area contributed by atoms with Gasteiger partial charge in [0.1, 0.15) is 0 Å². The smallest absolute Gasteiger partial charge is 0.273 e. The number of aromatic nitrogens is 1. The minimum absolute atomic E-state index is 0.0689. The number of non-ortho nitro benzene ring substituents is 1. The van der Waals surface area contributed by atoms with Crippen LogP contribution in [0.1, 0.15) is 5.56 Å². The molecule has 0 atom stereocenters. The van der Waals surface area contributed by atoms with E-state index in [9.17, 15) is 10.1 Å². The number of hydrogen-bond acceptors (Lipinski definition) is 6. The molecule has 0 fully saturated rings. The summed E-state index contributed by atoms with van der Waals surface area (Å²) in [6, 6.07) is 7.56. The summed E-state index contributed by atoms with van der Waals surface area (Å²) in [7, 11) is 1.41. The summed E-state index contributed by atoms with van der Waals surface area (Å²) in [5, 5.41) is 10.7. The van der Waals surface area contributed by atoms with Gasteiger partial charge in [0.05, 0.1) is 18.1 Å². The molecule has 0 saturated heterocycles. The number of nitrogens with zero attached hydrogens (tertiary/aromatic N) is 2. The molecule has 1 aromatic heterocycles. The minimum atomic E-state index is -0.499. The van der Waals surface area contributed by atoms with Gasteiger partial charge in [-0.3, -0.25) is 10.1 Å². The van der Waals surface area contributed by atoms with Crippen LogP contribution in [0.25, 0.3) is 0 Å². The van der Waals surface area contributed by atoms with E-state index in [1.54, 1.807) is 18.3 Å². The molecule has 0 spiro atoms. The maximum atomic E-state index is 10.7. The molecular weight excluding hydrogens is 262 g/mol. The molecule has 7 nitrogen and oxygen atoms in total. The van der Waals surface area contributed by atoms with Crippen LogP contribution in [0.3, 0.4) is 0 Å². The van der Waals surface area contributed by atoms with E-state index in [4.69, 9.17) is 15.2 Å². The Kier molecular flexibility index (Phi) is 4.11. The lowest BCUT2D eigenvalue weighted by atomic mass is 10.3. The topological polar surface area (TPSA) is 101 Å². The van der Waals surface area contributed by atoms with Crippen molar-refractivity contribution < 1.29 is 14.4 Å². The number of nitrogens with two attached hydrogens (primary N) is 1. The van der Waals surface area contributed by atoms with Gasteiger partial charge in [-0.2, -0.15) is 0 Å². The molecule has 0 amide bonds. The van der Waals surface area contributed by atoms with Gasteiger partial charge in [0.25, 0.3) is 5.69 Å². The number of pyridine rings is 1. The zero-order valence-electron chi connectivity index (χ0n) is 10.8. The highest BCUT2D eigenvalue weighted by molar-refractivity contribution is 5.49. The molecule has 2 aromatic rings. The summed E-state index contributed by atoms with van der Waals surface area (Å²) < 4.78 is 10.6. The van der Waals surface area contributed by atoms with Crippen LogP contribution in [0, 0.1) is 10.1 Å². The molecular formula is C13H13N3O4. The van der Waals surface area contributed by atoms with Crippen LogP contribution < -0.4 is 15.2 Å². The van der Waals surface area contributed by atoms with Crippen molar-refractivity contribution >= 4 is 5.69 Å². The van der Waals surface area contributed by atoms with E-state index in [1.807, 2.05) is 0 Å². The van der Waals surface area contributed by atoms with Crippen molar-refractivity contribution in [3.63, 3.8) is 0 Å². The number of methoxy groups -OCH3 is 1. The van der Waals surface area contributed by atoms with Gasteiger partial charge in [-0.15, -0.1) is 0 Å². The quantitative estimate of drug-likeness (QED) is 0.663. The van der Waals surface area contributed by atoms with Crippen LogP contribution in [0.5, 0.6) is 17.4 Å². The highest BCUT2D eigenvalue weighted by atomic mass is 16.6. The first kappa shape index (κ1) is 13.8. The zero-order valence-corrected chi connectivity index (χ0v) is 10.8. The Morgan fingerprint density at radius 2 is 2.10 bits per heavy atom. The van der Waals surface area contributed by atoms with E-state index in [0.717, 1.165) is 5.56 Å². The molecule has 1 heterocycles. The van der Waals surface area contributed by atoms with Crippen molar-refractivity contribution in [2.24, 2.45) is 5.73 Å². The first-order chi connectivity index (χ1) is 9.63. The van der Waals surface area contributed by atoms with Crippen molar-refractivity contribution in [2.45, 2.75) is 6.54 Å². The summed E-state index contributed by atoms with van der Waals surface area (Å²) in [6.07, 6.45) is 1.60. The van der Waals surface area contributed by atoms with Crippen LogP contribution in [0.15, 0.2) is 36.5 Å². The van der Waals surface area contributed by atoms with Crippen molar-refractivity contribution in [2.75, 3.05) is 7.11 Å². The zero-order chi connectivity index (χ0) is 14.5. The predicted octanol–water partition coefficient (Wildman–Crippen LogP) is 2.25. The lowest BCUT2D eigenvalue weighted by molar-refractivity contribution is -0.384. The number of ether oxygens (including phenoxy) is 2. The molecule has 0 aliphatic carbocycles. The monoisotopic (exact) mass is 275 g/mol. The van der Waals surface area contributed by atoms with Gasteiger partial charge in [0.15, 0.2) is 11.5 Å². The van der Waals surface area contributed by atoms with Crippen LogP contribution in [0.2, 0.25) is 0 Å². The molecule has 1 aromatic carbocycles. The Morgan fingerprint density at radius 3 is 2.65 bits per heavy atom. The van der Waals surface area contributed by atoms with Crippen molar-refractivity contribution in [3.05, 3.63) is 52.2 Å². The Hall–Kier alpha value is -2.67. The van der Waals surface area contributed by atoms with E-state index < -0.39 is 4.92 Å². The molecule has 0 saturated carbocycles. The molecule has 0 unspecified atom stereocenters. The average molecular weight is 275 g/mol. The second kappa shape index (κ2) is 5.98. The fourth-order valence-electron chi connectivity index (χ4n) is 1.56. The molecule has 2 rings (SSSR count). The highest BCUT2D eigenvalue weighted by Crippen LogP contribution is 2.33. The Bertz CT molecular complexity index is 614. The fraction of sp³-hybridized carbons (Fsp3) is 0.154. The standard InChI is InChI=1S/C13H13N3O4/c1-19-12-6-10(16(17)18)3-4-11(12)20-13-5-2-9(7-14)8-15-13/h2-6,8H,7,14H2,1H3. The van der Waals surface area contributed by atoms with Crippen LogP contribution >= 0.6 is 0 Å². The van der Waals surface area contributed by atoms with Gasteiger partial charge in [-0.25, -0.2) is 4.98 Å². The summed E-state index contributed by atoms with van der Waals surface area (Å²) >= 11 is 0. The molecule has 0 aliphatic heterocycles.